The van der Waals surface area contributed by atoms with E-state index in [4.69, 9.17) is 0 Å². The third kappa shape index (κ3) is 6.10. The first-order valence-electron chi connectivity index (χ1n) is 7.09. The monoisotopic (exact) mass is 281 g/mol. The minimum Gasteiger partial charge on any atom is -0.307 e. The SMILES string of the molecule is CCC(C)N1CCN(C(C)CNCC(F)(F)F)CC1. The molecule has 0 spiro atoms. The highest BCUT2D eigenvalue weighted by atomic mass is 19.4. The first-order valence-corrected chi connectivity index (χ1v) is 7.09. The minimum absolute atomic E-state index is 0.154. The van der Waals surface area contributed by atoms with Gasteiger partial charge >= 0.3 is 6.18 Å². The second kappa shape index (κ2) is 7.45. The Morgan fingerprint density at radius 1 is 1.00 bits per heavy atom. The van der Waals surface area contributed by atoms with E-state index < -0.39 is 12.7 Å². The van der Waals surface area contributed by atoms with E-state index in [0.29, 0.717) is 12.6 Å². The average Bonchev–Trinajstić information content (AvgIpc) is 2.36. The van der Waals surface area contributed by atoms with Crippen molar-refractivity contribution >= 4 is 0 Å². The summed E-state index contributed by atoms with van der Waals surface area (Å²) in [6.45, 7) is 9.80. The van der Waals surface area contributed by atoms with Crippen molar-refractivity contribution in [3.8, 4) is 0 Å². The molecular formula is C13H26F3N3. The van der Waals surface area contributed by atoms with Crippen LogP contribution < -0.4 is 5.32 Å². The summed E-state index contributed by atoms with van der Waals surface area (Å²) in [5.74, 6) is 0. The Hall–Kier alpha value is -0.330. The van der Waals surface area contributed by atoms with E-state index in [9.17, 15) is 13.2 Å². The van der Waals surface area contributed by atoms with Crippen LogP contribution in [0.15, 0.2) is 0 Å². The zero-order valence-corrected chi connectivity index (χ0v) is 12.1. The number of rotatable bonds is 6. The standard InChI is InChI=1S/C13H26F3N3/c1-4-11(2)18-5-7-19(8-6-18)12(3)9-17-10-13(14,15)16/h11-12,17H,4-10H2,1-3H3. The fourth-order valence-electron chi connectivity index (χ4n) is 2.43. The smallest absolute Gasteiger partial charge is 0.307 e. The molecule has 0 radical (unpaired) electrons. The Morgan fingerprint density at radius 3 is 1.89 bits per heavy atom. The molecule has 1 fully saturated rings. The van der Waals surface area contributed by atoms with E-state index in [1.807, 2.05) is 6.92 Å². The summed E-state index contributed by atoms with van der Waals surface area (Å²) in [7, 11) is 0. The maximum atomic E-state index is 12.0. The molecule has 3 nitrogen and oxygen atoms in total. The number of hydrogen-bond donors (Lipinski definition) is 1. The fourth-order valence-corrected chi connectivity index (χ4v) is 2.43. The molecule has 19 heavy (non-hydrogen) atoms. The van der Waals surface area contributed by atoms with Gasteiger partial charge in [0.15, 0.2) is 0 Å². The predicted octanol–water partition coefficient (Wildman–Crippen LogP) is 1.94. The third-order valence-electron chi connectivity index (χ3n) is 3.95. The quantitative estimate of drug-likeness (QED) is 0.803. The van der Waals surface area contributed by atoms with Gasteiger partial charge < -0.3 is 5.32 Å². The molecule has 114 valence electrons. The lowest BCUT2D eigenvalue weighted by molar-refractivity contribution is -0.125. The van der Waals surface area contributed by atoms with Crippen molar-refractivity contribution in [2.45, 2.75) is 45.5 Å². The van der Waals surface area contributed by atoms with E-state index in [2.05, 4.69) is 29.0 Å². The second-order valence-electron chi connectivity index (χ2n) is 5.42. The number of nitrogens with zero attached hydrogens (tertiary/aromatic N) is 2. The molecule has 1 aliphatic heterocycles. The molecule has 1 N–H and O–H groups in total. The summed E-state index contributed by atoms with van der Waals surface area (Å²) < 4.78 is 36.1. The van der Waals surface area contributed by atoms with Crippen LogP contribution in [0.1, 0.15) is 27.2 Å². The summed E-state index contributed by atoms with van der Waals surface area (Å²) in [5, 5.41) is 2.49. The van der Waals surface area contributed by atoms with Gasteiger partial charge in [0.25, 0.3) is 0 Å². The Morgan fingerprint density at radius 2 is 1.47 bits per heavy atom. The summed E-state index contributed by atoms with van der Waals surface area (Å²) in [6, 6.07) is 0.752. The van der Waals surface area contributed by atoms with Gasteiger partial charge in [-0.15, -0.1) is 0 Å². The molecule has 0 aromatic carbocycles. The number of hydrogen-bond acceptors (Lipinski definition) is 3. The van der Waals surface area contributed by atoms with Crippen LogP contribution in [0.2, 0.25) is 0 Å². The van der Waals surface area contributed by atoms with Gasteiger partial charge in [-0.3, -0.25) is 9.80 Å². The van der Waals surface area contributed by atoms with Crippen LogP contribution in [-0.4, -0.2) is 67.3 Å². The van der Waals surface area contributed by atoms with E-state index in [-0.39, 0.29) is 6.04 Å². The van der Waals surface area contributed by atoms with Crippen LogP contribution >= 0.6 is 0 Å². The molecule has 6 heteroatoms. The van der Waals surface area contributed by atoms with Gasteiger partial charge in [-0.05, 0) is 20.3 Å². The molecule has 1 saturated heterocycles. The van der Waals surface area contributed by atoms with Crippen molar-refractivity contribution < 1.29 is 13.2 Å². The second-order valence-corrected chi connectivity index (χ2v) is 5.42. The van der Waals surface area contributed by atoms with Crippen LogP contribution in [0.4, 0.5) is 13.2 Å². The summed E-state index contributed by atoms with van der Waals surface area (Å²) in [4.78, 5) is 4.72. The molecule has 0 amide bonds. The molecule has 2 atom stereocenters. The summed E-state index contributed by atoms with van der Waals surface area (Å²) >= 11 is 0. The summed E-state index contributed by atoms with van der Waals surface area (Å²) in [6.07, 6.45) is -2.97. The topological polar surface area (TPSA) is 18.5 Å². The first-order chi connectivity index (χ1) is 8.83. The number of alkyl halides is 3. The number of piperazine rings is 1. The maximum absolute atomic E-state index is 12.0. The Bertz CT molecular complexity index is 250. The van der Waals surface area contributed by atoms with Gasteiger partial charge in [0, 0.05) is 44.8 Å². The molecule has 0 aromatic rings. The van der Waals surface area contributed by atoms with Gasteiger partial charge in [0.05, 0.1) is 6.54 Å². The zero-order chi connectivity index (χ0) is 14.5. The van der Waals surface area contributed by atoms with Crippen LogP contribution in [0, 0.1) is 0 Å². The van der Waals surface area contributed by atoms with Crippen LogP contribution in [0.25, 0.3) is 0 Å². The van der Waals surface area contributed by atoms with E-state index in [1.165, 1.54) is 0 Å². The molecular weight excluding hydrogens is 255 g/mol. The lowest BCUT2D eigenvalue weighted by atomic mass is 10.1. The molecule has 1 heterocycles. The van der Waals surface area contributed by atoms with Crippen molar-refractivity contribution in [1.82, 2.24) is 15.1 Å². The minimum atomic E-state index is -4.12. The Labute approximate surface area is 114 Å². The number of halogens is 3. The molecule has 0 bridgehead atoms. The summed E-state index contributed by atoms with van der Waals surface area (Å²) in [5.41, 5.74) is 0. The molecule has 1 rings (SSSR count). The Kier molecular flexibility index (Phi) is 6.56. The van der Waals surface area contributed by atoms with Crippen molar-refractivity contribution in [1.29, 1.82) is 0 Å². The van der Waals surface area contributed by atoms with Gasteiger partial charge in [-0.25, -0.2) is 0 Å². The lowest BCUT2D eigenvalue weighted by Crippen LogP contribution is -2.54. The maximum Gasteiger partial charge on any atom is 0.401 e. The lowest BCUT2D eigenvalue weighted by Gasteiger charge is -2.40. The first kappa shape index (κ1) is 16.7. The normalized spacial score (nSPS) is 22.4. The number of nitrogens with one attached hydrogen (secondary N) is 1. The van der Waals surface area contributed by atoms with Gasteiger partial charge in [0.1, 0.15) is 0 Å². The molecule has 0 aliphatic carbocycles. The van der Waals surface area contributed by atoms with Crippen LogP contribution in [-0.2, 0) is 0 Å². The van der Waals surface area contributed by atoms with E-state index in [0.717, 1.165) is 32.6 Å². The highest BCUT2D eigenvalue weighted by Crippen LogP contribution is 2.13. The van der Waals surface area contributed by atoms with Crippen LogP contribution in [0.3, 0.4) is 0 Å². The molecule has 1 aliphatic rings. The van der Waals surface area contributed by atoms with E-state index >= 15 is 0 Å². The largest absolute Gasteiger partial charge is 0.401 e. The van der Waals surface area contributed by atoms with Crippen LogP contribution in [0.5, 0.6) is 0 Å². The van der Waals surface area contributed by atoms with Crippen molar-refractivity contribution in [3.05, 3.63) is 0 Å². The van der Waals surface area contributed by atoms with Crippen molar-refractivity contribution in [2.75, 3.05) is 39.3 Å². The molecule has 0 saturated carbocycles. The van der Waals surface area contributed by atoms with Gasteiger partial charge in [-0.2, -0.15) is 13.2 Å². The highest BCUT2D eigenvalue weighted by Gasteiger charge is 2.27. The third-order valence-corrected chi connectivity index (χ3v) is 3.95. The zero-order valence-electron chi connectivity index (χ0n) is 12.1. The fraction of sp³-hybridized carbons (Fsp3) is 1.00. The van der Waals surface area contributed by atoms with Crippen molar-refractivity contribution in [2.24, 2.45) is 0 Å². The highest BCUT2D eigenvalue weighted by molar-refractivity contribution is 4.79. The Balaban J connectivity index is 2.23. The van der Waals surface area contributed by atoms with Gasteiger partial charge in [0.2, 0.25) is 0 Å². The average molecular weight is 281 g/mol. The predicted molar refractivity (Wildman–Crippen MR) is 71.3 cm³/mol. The van der Waals surface area contributed by atoms with Crippen molar-refractivity contribution in [3.63, 3.8) is 0 Å². The molecule has 2 unspecified atom stereocenters. The van der Waals surface area contributed by atoms with E-state index in [1.54, 1.807) is 0 Å². The molecule has 0 aromatic heterocycles. The van der Waals surface area contributed by atoms with Gasteiger partial charge in [-0.1, -0.05) is 6.92 Å².